The van der Waals surface area contributed by atoms with Crippen LogP contribution in [0.3, 0.4) is 0 Å². The van der Waals surface area contributed by atoms with Crippen molar-refractivity contribution in [1.82, 2.24) is 50.7 Å². The molecule has 7 N–H and O–H groups in total. The summed E-state index contributed by atoms with van der Waals surface area (Å²) in [4.78, 5) is 79.9. The normalized spacial score (nSPS) is 21.4. The summed E-state index contributed by atoms with van der Waals surface area (Å²) in [7, 11) is 5.84. The average molecular weight is 1360 g/mol. The van der Waals surface area contributed by atoms with Crippen LogP contribution in [0.5, 0.6) is 11.5 Å². The number of rotatable bonds is 30. The monoisotopic (exact) mass is 1360 g/mol. The van der Waals surface area contributed by atoms with Crippen molar-refractivity contribution in [2.45, 2.75) is 35.9 Å². The Balaban J connectivity index is 0.987. The highest BCUT2D eigenvalue weighted by atomic mass is 32.2. The predicted octanol–water partition coefficient (Wildman–Crippen LogP) is 3.39. The second kappa shape index (κ2) is 33.8. The largest absolute Gasteiger partial charge is 0.499 e. The van der Waals surface area contributed by atoms with Gasteiger partial charge in [0.1, 0.15) is 47.4 Å². The van der Waals surface area contributed by atoms with E-state index in [-0.39, 0.29) is 77.1 Å². The zero-order valence-electron chi connectivity index (χ0n) is 49.3. The molecule has 0 aromatic heterocycles. The zero-order chi connectivity index (χ0) is 63.0. The number of thiol groups is 1. The summed E-state index contributed by atoms with van der Waals surface area (Å²) in [5.74, 6) is 0.510. The zero-order valence-corrected chi connectivity index (χ0v) is 55.9. The van der Waals surface area contributed by atoms with Crippen molar-refractivity contribution < 1.29 is 58.2 Å². The number of ether oxygens (including phenoxy) is 4. The van der Waals surface area contributed by atoms with E-state index in [0.717, 1.165) is 11.5 Å². The highest BCUT2D eigenvalue weighted by molar-refractivity contribution is 8.24. The number of para-hydroxylation sites is 2. The highest BCUT2D eigenvalue weighted by Gasteiger charge is 2.40. The lowest BCUT2D eigenvalue weighted by Gasteiger charge is -2.33. The van der Waals surface area contributed by atoms with Crippen LogP contribution in [-0.2, 0) is 23.9 Å². The summed E-state index contributed by atoms with van der Waals surface area (Å²) < 4.78 is 24.4. The van der Waals surface area contributed by atoms with Gasteiger partial charge in [-0.1, -0.05) is 121 Å². The molecule has 0 spiro atoms. The van der Waals surface area contributed by atoms with Crippen molar-refractivity contribution in [3.63, 3.8) is 0 Å². The summed E-state index contributed by atoms with van der Waals surface area (Å²) >= 11 is 26.9. The first-order chi connectivity index (χ1) is 42.5. The van der Waals surface area contributed by atoms with Gasteiger partial charge in [0.2, 0.25) is 11.8 Å². The quantitative estimate of drug-likeness (QED) is 0.0317. The Morgan fingerprint density at radius 2 is 1.31 bits per heavy atom. The minimum absolute atomic E-state index is 0.124. The fourth-order valence-corrected chi connectivity index (χ4v) is 16.1. The average Bonchev–Trinajstić information content (AvgIpc) is 2.79. The van der Waals surface area contributed by atoms with Crippen molar-refractivity contribution in [3.8, 4) is 11.5 Å². The number of thioether (sulfide) groups is 4. The first kappa shape index (κ1) is 69.5. The standard InChI is InChI=1S/C58H76N10O12S8/c1-77-43-35(9-5-13-39(43)51(73)65-27-31-85-55(65)81)47(69)59-17-21-63(22-18-60-48(70)36-10-6-14-40(44(36)78-2)52(74)66-28-32-86-56(66)82)25-26-64(23-19-61-49(71)37-11-7-15-41(45(37)79-3)53(75)67-29-33-87-57(67)83)24-20-62-50(72)38-12-8-16-42(46(38)80-4)54(76)68-30-34-88-58(68)84/h5-11,13-16,38-39,43,47,49,53,58-59,61,69,71,75,84H,12,17-34H2,1-4H3,(H,60,70)(H,62,72). The molecule has 2 aromatic rings. The summed E-state index contributed by atoms with van der Waals surface area (Å²) in [5.41, 5.74) is 2.02. The minimum atomic E-state index is -1.22. The number of hydrogen-bond donors (Lipinski definition) is 8. The summed E-state index contributed by atoms with van der Waals surface area (Å²) in [6, 6.07) is 10.0. The fourth-order valence-electron chi connectivity index (χ4n) is 11.0. The van der Waals surface area contributed by atoms with E-state index in [2.05, 4.69) is 43.7 Å². The Morgan fingerprint density at radius 3 is 1.92 bits per heavy atom. The number of nitrogens with zero attached hydrogens (tertiary/aromatic N) is 6. The maximum absolute atomic E-state index is 14.1. The van der Waals surface area contributed by atoms with Gasteiger partial charge in [-0.2, -0.15) is 0 Å². The number of allylic oxidation sites excluding steroid dienone is 3. The SMILES string of the molecule is COC1=C(C(=O)N2CCSC2S)C=CCC1C(=O)NCCN(CCNC(O)c1cccc(C(O)N2CCSC2=S)c1OC)CCN(CCNC(=O)c1cccc(C(=O)N2CCSC2=S)c1OC)CCNC(O)C1=CC=CC(C(=O)N2CCSC2=S)C1OC. The number of hydrogen-bond acceptors (Lipinski definition) is 24. The number of aliphatic hydroxyl groups excluding tert-OH is 3. The molecule has 7 unspecified atom stereocenters. The molecule has 4 saturated heterocycles. The van der Waals surface area contributed by atoms with Gasteiger partial charge in [0.05, 0.1) is 56.0 Å². The van der Waals surface area contributed by atoms with Crippen LogP contribution in [0.1, 0.15) is 50.7 Å². The molecule has 5 amide bonds. The number of nitrogens with one attached hydrogen (secondary N) is 4. The molecule has 6 aliphatic rings. The van der Waals surface area contributed by atoms with E-state index in [1.807, 2.05) is 0 Å². The molecule has 478 valence electrons. The molecule has 0 radical (unpaired) electrons. The molecule has 0 bridgehead atoms. The second-order valence-electron chi connectivity index (χ2n) is 20.8. The Labute approximate surface area is 552 Å². The Kier molecular flexibility index (Phi) is 26.7. The molecule has 4 fully saturated rings. The highest BCUT2D eigenvalue weighted by Crippen LogP contribution is 2.38. The van der Waals surface area contributed by atoms with Gasteiger partial charge < -0.3 is 54.7 Å². The molecular weight excluding hydrogens is 1290 g/mol. The molecule has 2 aliphatic carbocycles. The molecule has 7 atom stereocenters. The maximum Gasteiger partial charge on any atom is 0.263 e. The molecule has 0 saturated carbocycles. The third-order valence-electron chi connectivity index (χ3n) is 15.6. The van der Waals surface area contributed by atoms with Crippen molar-refractivity contribution in [1.29, 1.82) is 0 Å². The summed E-state index contributed by atoms with van der Waals surface area (Å²) in [5, 5.41) is 47.4. The lowest BCUT2D eigenvalue weighted by Crippen LogP contribution is -2.48. The van der Waals surface area contributed by atoms with Crippen LogP contribution in [-0.4, -0.2) is 247 Å². The van der Waals surface area contributed by atoms with Crippen LogP contribution in [0, 0.1) is 11.8 Å². The predicted molar refractivity (Wildman–Crippen MR) is 361 cm³/mol. The van der Waals surface area contributed by atoms with Crippen molar-refractivity contribution >= 4 is 139 Å². The third kappa shape index (κ3) is 17.0. The fraction of sp³-hybridized carbons (Fsp3) is 0.517. The Hall–Kier alpha value is -4.35. The lowest BCUT2D eigenvalue weighted by molar-refractivity contribution is -0.133. The summed E-state index contributed by atoms with van der Waals surface area (Å²) in [6.45, 7) is 5.05. The van der Waals surface area contributed by atoms with E-state index in [1.165, 1.54) is 68.6 Å². The third-order valence-corrected chi connectivity index (χ3v) is 21.6. The lowest BCUT2D eigenvalue weighted by atomic mass is 9.88. The smallest absolute Gasteiger partial charge is 0.263 e. The van der Waals surface area contributed by atoms with Crippen LogP contribution >= 0.6 is 96.3 Å². The number of amides is 5. The van der Waals surface area contributed by atoms with E-state index in [9.17, 15) is 39.3 Å². The Bertz CT molecular complexity index is 3030. The van der Waals surface area contributed by atoms with Crippen LogP contribution < -0.4 is 30.7 Å². The molecule has 88 heavy (non-hydrogen) atoms. The van der Waals surface area contributed by atoms with Gasteiger partial charge in [-0.25, -0.2) is 0 Å². The van der Waals surface area contributed by atoms with Crippen LogP contribution in [0.15, 0.2) is 83.7 Å². The molecule has 30 heteroatoms. The van der Waals surface area contributed by atoms with Crippen LogP contribution in [0.25, 0.3) is 0 Å². The van der Waals surface area contributed by atoms with Gasteiger partial charge in [0.25, 0.3) is 17.7 Å². The van der Waals surface area contributed by atoms with Gasteiger partial charge in [-0.15, -0.1) is 24.4 Å². The molecule has 4 aliphatic heterocycles. The van der Waals surface area contributed by atoms with E-state index >= 15 is 0 Å². The van der Waals surface area contributed by atoms with Crippen molar-refractivity contribution in [3.05, 3.63) is 106 Å². The number of methoxy groups -OCH3 is 4. The Morgan fingerprint density at radius 1 is 0.693 bits per heavy atom. The van der Waals surface area contributed by atoms with Gasteiger partial charge in [-0.3, -0.25) is 54.2 Å². The van der Waals surface area contributed by atoms with Crippen LogP contribution in [0.2, 0.25) is 0 Å². The van der Waals surface area contributed by atoms with E-state index < -0.39 is 42.5 Å². The molecule has 22 nitrogen and oxygen atoms in total. The number of aliphatic hydroxyl groups is 3. The minimum Gasteiger partial charge on any atom is -0.499 e. The first-order valence-corrected chi connectivity index (χ1v) is 34.5. The van der Waals surface area contributed by atoms with Crippen molar-refractivity contribution in [2.75, 3.05) is 143 Å². The molecule has 2 aromatic carbocycles. The summed E-state index contributed by atoms with van der Waals surface area (Å²) in [6.07, 6.45) is 4.77. The number of benzene rings is 2. The number of thiocarbonyl (C=S) groups is 3. The topological polar surface area (TPSA) is 251 Å². The molecule has 4 heterocycles. The van der Waals surface area contributed by atoms with Crippen LogP contribution in [0.4, 0.5) is 0 Å². The van der Waals surface area contributed by atoms with E-state index in [1.54, 1.807) is 93.2 Å². The van der Waals surface area contributed by atoms with Gasteiger partial charge in [0.15, 0.2) is 6.23 Å². The maximum atomic E-state index is 14.1. The number of carbonyl (C=O) groups is 5. The number of carbonyl (C=O) groups excluding carboxylic acids is 5. The van der Waals surface area contributed by atoms with Gasteiger partial charge >= 0.3 is 0 Å². The second-order valence-corrected chi connectivity index (χ2v) is 28.0. The van der Waals surface area contributed by atoms with Gasteiger partial charge in [0, 0.05) is 138 Å². The van der Waals surface area contributed by atoms with Crippen molar-refractivity contribution in [2.24, 2.45) is 11.8 Å². The first-order valence-electron chi connectivity index (χ1n) is 28.7. The van der Waals surface area contributed by atoms with Gasteiger partial charge in [-0.05, 0) is 24.6 Å². The molecular formula is C58H76N10O12S8. The molecule has 8 rings (SSSR count). The van der Waals surface area contributed by atoms with E-state index in [0.29, 0.717) is 124 Å². The van der Waals surface area contributed by atoms with E-state index in [4.69, 9.17) is 55.6 Å².